The summed E-state index contributed by atoms with van der Waals surface area (Å²) in [5, 5.41) is 0.889. The molecule has 1 saturated heterocycles. The molecule has 1 amide bonds. The number of hydrogen-bond acceptors (Lipinski definition) is 4. The van der Waals surface area contributed by atoms with Crippen LogP contribution in [0.1, 0.15) is 11.1 Å². The number of halogens is 3. The molecule has 0 saturated carbocycles. The lowest BCUT2D eigenvalue weighted by molar-refractivity contribution is -0.113. The molecule has 1 aliphatic rings. The molecule has 0 unspecified atom stereocenters. The van der Waals surface area contributed by atoms with Gasteiger partial charge < -0.3 is 4.74 Å². The first-order valence-electron chi connectivity index (χ1n) is 9.11. The molecule has 8 heteroatoms. The van der Waals surface area contributed by atoms with Crippen LogP contribution in [-0.4, -0.2) is 10.2 Å². The maximum absolute atomic E-state index is 13.9. The van der Waals surface area contributed by atoms with Crippen LogP contribution in [-0.2, 0) is 11.4 Å². The van der Waals surface area contributed by atoms with E-state index >= 15 is 0 Å². The number of anilines is 1. The highest BCUT2D eigenvalue weighted by Crippen LogP contribution is 2.36. The largest absolute Gasteiger partial charge is 0.489 e. The Morgan fingerprint density at radius 2 is 1.81 bits per heavy atom. The maximum Gasteiger partial charge on any atom is 0.270 e. The van der Waals surface area contributed by atoms with Gasteiger partial charge in [0.25, 0.3) is 5.91 Å². The van der Waals surface area contributed by atoms with E-state index in [4.69, 9.17) is 40.2 Å². The summed E-state index contributed by atoms with van der Waals surface area (Å²) in [5.74, 6) is -0.0995. The van der Waals surface area contributed by atoms with Crippen molar-refractivity contribution in [3.8, 4) is 5.75 Å². The second-order valence-electron chi connectivity index (χ2n) is 6.55. The van der Waals surface area contributed by atoms with Gasteiger partial charge in [-0.15, -0.1) is 0 Å². The van der Waals surface area contributed by atoms with E-state index in [1.807, 2.05) is 6.07 Å². The van der Waals surface area contributed by atoms with Crippen molar-refractivity contribution in [2.75, 3.05) is 4.90 Å². The topological polar surface area (TPSA) is 29.5 Å². The predicted molar refractivity (Wildman–Crippen MR) is 129 cm³/mol. The summed E-state index contributed by atoms with van der Waals surface area (Å²) >= 11 is 18.6. The smallest absolute Gasteiger partial charge is 0.270 e. The molecule has 0 atom stereocenters. The lowest BCUT2D eigenvalue weighted by atomic mass is 10.2. The zero-order valence-electron chi connectivity index (χ0n) is 15.8. The third-order valence-electron chi connectivity index (χ3n) is 4.48. The SMILES string of the molecule is O=C1/C(=C/c2cccc(OCc3c(F)cccc3Cl)c2)SC(=S)N1c1ccc(Cl)cc1. The van der Waals surface area contributed by atoms with Crippen LogP contribution in [0.4, 0.5) is 10.1 Å². The van der Waals surface area contributed by atoms with Crippen molar-refractivity contribution in [2.45, 2.75) is 6.61 Å². The molecule has 0 aliphatic carbocycles. The number of carbonyl (C=O) groups excluding carboxylic acids is 1. The van der Waals surface area contributed by atoms with E-state index in [1.54, 1.807) is 60.7 Å². The molecule has 31 heavy (non-hydrogen) atoms. The fourth-order valence-corrected chi connectivity index (χ4v) is 4.59. The molecule has 4 rings (SSSR count). The molecule has 0 spiro atoms. The number of rotatable bonds is 5. The number of amides is 1. The minimum absolute atomic E-state index is 0.00631. The lowest BCUT2D eigenvalue weighted by Crippen LogP contribution is -2.27. The van der Waals surface area contributed by atoms with E-state index in [9.17, 15) is 9.18 Å². The molecule has 0 N–H and O–H groups in total. The molecule has 1 aliphatic heterocycles. The Morgan fingerprint density at radius 1 is 1.06 bits per heavy atom. The van der Waals surface area contributed by atoms with E-state index in [2.05, 4.69) is 0 Å². The molecule has 0 bridgehead atoms. The molecular formula is C23H14Cl2FNO2S2. The standard InChI is InChI=1S/C23H14Cl2FNO2S2/c24-15-7-9-16(10-8-15)27-22(28)21(31-23(27)30)12-14-3-1-4-17(11-14)29-13-18-19(25)5-2-6-20(18)26/h1-12H,13H2/b21-12-. The van der Waals surface area contributed by atoms with Gasteiger partial charge in [0.2, 0.25) is 0 Å². The molecular weight excluding hydrogens is 476 g/mol. The van der Waals surface area contributed by atoms with E-state index in [0.717, 1.165) is 5.56 Å². The highest BCUT2D eigenvalue weighted by molar-refractivity contribution is 8.27. The fraction of sp³-hybridized carbons (Fsp3) is 0.0435. The van der Waals surface area contributed by atoms with Gasteiger partial charge in [-0.3, -0.25) is 9.69 Å². The summed E-state index contributed by atoms with van der Waals surface area (Å²) in [6, 6.07) is 18.6. The van der Waals surface area contributed by atoms with Crippen LogP contribution in [0.3, 0.4) is 0 Å². The van der Waals surface area contributed by atoms with Crippen molar-refractivity contribution in [3.05, 3.63) is 98.6 Å². The van der Waals surface area contributed by atoms with Crippen molar-refractivity contribution < 1.29 is 13.9 Å². The first-order valence-corrected chi connectivity index (χ1v) is 11.1. The van der Waals surface area contributed by atoms with Gasteiger partial charge in [0.15, 0.2) is 4.32 Å². The van der Waals surface area contributed by atoms with Crippen LogP contribution in [0.25, 0.3) is 6.08 Å². The van der Waals surface area contributed by atoms with Crippen LogP contribution in [0, 0.1) is 5.82 Å². The third-order valence-corrected chi connectivity index (χ3v) is 6.39. The Labute approximate surface area is 198 Å². The van der Waals surface area contributed by atoms with Gasteiger partial charge in [-0.1, -0.05) is 65.4 Å². The van der Waals surface area contributed by atoms with Gasteiger partial charge in [-0.25, -0.2) is 4.39 Å². The fourth-order valence-electron chi connectivity index (χ4n) is 2.95. The van der Waals surface area contributed by atoms with Gasteiger partial charge in [-0.05, 0) is 60.2 Å². The van der Waals surface area contributed by atoms with Crippen LogP contribution < -0.4 is 9.64 Å². The van der Waals surface area contributed by atoms with E-state index in [1.165, 1.54) is 22.7 Å². The normalized spacial score (nSPS) is 15.1. The summed E-state index contributed by atoms with van der Waals surface area (Å²) in [7, 11) is 0. The van der Waals surface area contributed by atoms with Crippen molar-refractivity contribution in [1.29, 1.82) is 0 Å². The Hall–Kier alpha value is -2.38. The van der Waals surface area contributed by atoms with Crippen molar-refractivity contribution in [3.63, 3.8) is 0 Å². The molecule has 1 heterocycles. The number of thiocarbonyl (C=S) groups is 1. The third kappa shape index (κ3) is 4.93. The number of hydrogen-bond donors (Lipinski definition) is 0. The van der Waals surface area contributed by atoms with Gasteiger partial charge in [-0.2, -0.15) is 0 Å². The minimum atomic E-state index is -0.422. The molecule has 0 radical (unpaired) electrons. The average molecular weight is 490 g/mol. The Balaban J connectivity index is 1.52. The van der Waals surface area contributed by atoms with Crippen LogP contribution in [0.15, 0.2) is 71.6 Å². The van der Waals surface area contributed by atoms with E-state index in [-0.39, 0.29) is 12.5 Å². The number of ether oxygens (including phenoxy) is 1. The van der Waals surface area contributed by atoms with Gasteiger partial charge in [0.1, 0.15) is 18.2 Å². The van der Waals surface area contributed by atoms with E-state index in [0.29, 0.717) is 36.3 Å². The Kier molecular flexibility index (Phi) is 6.62. The maximum atomic E-state index is 13.9. The zero-order valence-corrected chi connectivity index (χ0v) is 19.0. The highest BCUT2D eigenvalue weighted by Gasteiger charge is 2.33. The van der Waals surface area contributed by atoms with E-state index < -0.39 is 5.82 Å². The second-order valence-corrected chi connectivity index (χ2v) is 9.07. The monoisotopic (exact) mass is 489 g/mol. The summed E-state index contributed by atoms with van der Waals surface area (Å²) < 4.78 is 20.1. The molecule has 1 fully saturated rings. The summed E-state index contributed by atoms with van der Waals surface area (Å²) in [4.78, 5) is 14.9. The first kappa shape index (κ1) is 21.8. The number of thioether (sulfide) groups is 1. The van der Waals surface area contributed by atoms with Crippen molar-refractivity contribution in [2.24, 2.45) is 0 Å². The quantitative estimate of drug-likeness (QED) is 0.282. The number of nitrogens with zero attached hydrogens (tertiary/aromatic N) is 1. The second kappa shape index (κ2) is 9.40. The van der Waals surface area contributed by atoms with Crippen LogP contribution >= 0.6 is 47.2 Å². The Bertz CT molecular complexity index is 1180. The summed E-state index contributed by atoms with van der Waals surface area (Å²) in [5.41, 5.74) is 1.71. The van der Waals surface area contributed by atoms with Crippen molar-refractivity contribution in [1.82, 2.24) is 0 Å². The van der Waals surface area contributed by atoms with Crippen LogP contribution in [0.2, 0.25) is 10.0 Å². The van der Waals surface area contributed by atoms with Crippen LogP contribution in [0.5, 0.6) is 5.75 Å². The molecule has 156 valence electrons. The predicted octanol–water partition coefficient (Wildman–Crippen LogP) is 7.12. The summed E-state index contributed by atoms with van der Waals surface area (Å²) in [6.45, 7) is -0.00631. The number of carbonyl (C=O) groups is 1. The van der Waals surface area contributed by atoms with Crippen molar-refractivity contribution >= 4 is 69.2 Å². The minimum Gasteiger partial charge on any atom is -0.489 e. The van der Waals surface area contributed by atoms with Gasteiger partial charge >= 0.3 is 0 Å². The zero-order chi connectivity index (χ0) is 22.0. The molecule has 3 aromatic rings. The summed E-state index contributed by atoms with van der Waals surface area (Å²) in [6.07, 6.45) is 1.75. The average Bonchev–Trinajstić information content (AvgIpc) is 3.02. The lowest BCUT2D eigenvalue weighted by Gasteiger charge is -2.14. The number of benzene rings is 3. The Morgan fingerprint density at radius 3 is 2.55 bits per heavy atom. The van der Waals surface area contributed by atoms with Gasteiger partial charge in [0, 0.05) is 10.6 Å². The van der Waals surface area contributed by atoms with Gasteiger partial charge in [0.05, 0.1) is 15.6 Å². The molecule has 3 aromatic carbocycles. The molecule has 0 aromatic heterocycles. The molecule has 3 nitrogen and oxygen atoms in total. The first-order chi connectivity index (χ1) is 14.9. The highest BCUT2D eigenvalue weighted by atomic mass is 35.5.